The lowest BCUT2D eigenvalue weighted by atomic mass is 10.1. The number of allylic oxidation sites excluding steroid dienone is 1. The number of nitrogens with one attached hydrogen (secondary N) is 1. The molecule has 5 atom stereocenters. The first-order valence-electron chi connectivity index (χ1n) is 18.8. The van der Waals surface area contributed by atoms with Crippen molar-refractivity contribution in [3.63, 3.8) is 0 Å². The number of ether oxygens (including phenoxy) is 3. The van der Waals surface area contributed by atoms with Crippen LogP contribution in [0.3, 0.4) is 0 Å². The van der Waals surface area contributed by atoms with Crippen LogP contribution >= 0.6 is 0 Å². The second-order valence-corrected chi connectivity index (χ2v) is 13.9. The molecular weight excluding hydrogens is 772 g/mol. The number of hydrogen-bond donors (Lipinski definition) is 11. The molecule has 0 amide bonds. The van der Waals surface area contributed by atoms with Crippen LogP contribution in [0.1, 0.15) is 79.6 Å². The Hall–Kier alpha value is -4.31. The largest absolute Gasteiger partial charge is 0.480 e. The number of carboxylic acids is 5. The second kappa shape index (κ2) is 41.8. The highest BCUT2D eigenvalue weighted by Gasteiger charge is 2.13. The van der Waals surface area contributed by atoms with Crippen LogP contribution in [0.25, 0.3) is 0 Å². The first kappa shape index (κ1) is 63.8. The van der Waals surface area contributed by atoms with Crippen molar-refractivity contribution in [3.05, 3.63) is 60.8 Å². The standard InChI is InChI=1S/C9H17NO3.C8H16N2O2.C8H15NO3.C8H15NO2.C7H13NO3/c1-7(2)6-13-5-3-4-8(10)9(11)12;1-6(2)5-10-4-3-7(9)8(11)12;1-6(2)5-12-4-3-7(9)8(10)11;1-6(2)4-3-5-7(9)8(10)11;1-5(2)3-11-4-6(8)7(9)10/h8H,1,3-6,10H2,2H3,(H,11,12);7,10H,1,3-5,9H2,2H3,(H,11,12);7H,1,3-5,9H2,2H3,(H,10,11);7H,1,3-5,9H2,2H3,(H,10,11);6H,1,3-4,8H2,2H3,(H,9,10). The van der Waals surface area contributed by atoms with Crippen LogP contribution in [-0.2, 0) is 38.2 Å². The number of hydrogen-bond acceptors (Lipinski definition) is 14. The Labute approximate surface area is 350 Å². The van der Waals surface area contributed by atoms with Crippen molar-refractivity contribution in [3.8, 4) is 0 Å². The minimum atomic E-state index is -1.05. The first-order valence-corrected chi connectivity index (χ1v) is 18.8. The molecule has 0 fully saturated rings. The maximum atomic E-state index is 10.3. The van der Waals surface area contributed by atoms with E-state index in [4.69, 9.17) is 68.4 Å². The third kappa shape index (κ3) is 58.1. The molecule has 19 nitrogen and oxygen atoms in total. The lowest BCUT2D eigenvalue weighted by Gasteiger charge is -2.06. The van der Waals surface area contributed by atoms with Gasteiger partial charge in [-0.3, -0.25) is 24.0 Å². The maximum absolute atomic E-state index is 10.3. The van der Waals surface area contributed by atoms with E-state index in [-0.39, 0.29) is 6.61 Å². The van der Waals surface area contributed by atoms with Gasteiger partial charge >= 0.3 is 29.8 Å². The summed E-state index contributed by atoms with van der Waals surface area (Å²) in [6.07, 6.45) is 4.10. The summed E-state index contributed by atoms with van der Waals surface area (Å²) in [5.74, 6) is -4.88. The molecule has 0 heterocycles. The molecule has 0 saturated carbocycles. The van der Waals surface area contributed by atoms with E-state index in [9.17, 15) is 24.0 Å². The zero-order chi connectivity index (χ0) is 47.1. The number of carbonyl (C=O) groups is 5. The average Bonchev–Trinajstić information content (AvgIpc) is 3.11. The van der Waals surface area contributed by atoms with E-state index in [1.165, 1.54) is 0 Å². The second-order valence-electron chi connectivity index (χ2n) is 13.9. The van der Waals surface area contributed by atoms with Crippen LogP contribution < -0.4 is 34.0 Å². The van der Waals surface area contributed by atoms with Gasteiger partial charge in [0.05, 0.1) is 26.4 Å². The number of rotatable bonds is 29. The van der Waals surface area contributed by atoms with Crippen molar-refractivity contribution < 1.29 is 63.7 Å². The SMILES string of the molecule is C=C(C)CCCC(N)C(=O)O.C=C(C)CNCCC(N)C(=O)O.C=C(C)COCC(N)C(=O)O.C=C(C)COCCC(N)C(=O)O.C=C(C)COCCCC(N)C(=O)O. The van der Waals surface area contributed by atoms with Gasteiger partial charge in [0, 0.05) is 19.8 Å². The predicted molar refractivity (Wildman–Crippen MR) is 230 cm³/mol. The molecule has 0 aromatic carbocycles. The lowest BCUT2D eigenvalue weighted by Crippen LogP contribution is -2.35. The topological polar surface area (TPSA) is 356 Å². The first-order chi connectivity index (χ1) is 27.2. The van der Waals surface area contributed by atoms with Crippen molar-refractivity contribution in [2.24, 2.45) is 28.7 Å². The Morgan fingerprint density at radius 3 is 1.20 bits per heavy atom. The van der Waals surface area contributed by atoms with E-state index in [2.05, 4.69) is 38.2 Å². The average molecular weight is 849 g/mol. The van der Waals surface area contributed by atoms with E-state index >= 15 is 0 Å². The smallest absolute Gasteiger partial charge is 0.322 e. The molecule has 0 aliphatic carbocycles. The van der Waals surface area contributed by atoms with Gasteiger partial charge in [-0.15, -0.1) is 6.58 Å². The molecule has 0 aromatic rings. The summed E-state index contributed by atoms with van der Waals surface area (Å²) in [4.78, 5) is 51.2. The molecule has 0 bridgehead atoms. The van der Waals surface area contributed by atoms with Gasteiger partial charge in [-0.25, -0.2) is 0 Å². The Bertz CT molecular complexity index is 1190. The molecule has 59 heavy (non-hydrogen) atoms. The van der Waals surface area contributed by atoms with E-state index in [1.54, 1.807) is 6.92 Å². The molecule has 0 rings (SSSR count). The van der Waals surface area contributed by atoms with E-state index in [0.29, 0.717) is 78.2 Å². The lowest BCUT2D eigenvalue weighted by molar-refractivity contribution is -0.140. The Morgan fingerprint density at radius 1 is 0.475 bits per heavy atom. The molecule has 0 aliphatic rings. The summed E-state index contributed by atoms with van der Waals surface area (Å²) in [6.45, 7) is 31.3. The highest BCUT2D eigenvalue weighted by molar-refractivity contribution is 5.74. The number of nitrogens with two attached hydrogens (primary N) is 5. The summed E-state index contributed by atoms with van der Waals surface area (Å²) >= 11 is 0. The Balaban J connectivity index is -0.000000206. The Kier molecular flexibility index (Phi) is 45.3. The molecular formula is C40H76N6O13. The van der Waals surface area contributed by atoms with Crippen molar-refractivity contribution in [2.45, 2.75) is 110 Å². The zero-order valence-corrected chi connectivity index (χ0v) is 35.9. The van der Waals surface area contributed by atoms with Crippen LogP contribution in [-0.4, -0.2) is 138 Å². The van der Waals surface area contributed by atoms with E-state index in [1.807, 2.05) is 27.7 Å². The highest BCUT2D eigenvalue weighted by Crippen LogP contribution is 2.05. The predicted octanol–water partition coefficient (Wildman–Crippen LogP) is 2.24. The van der Waals surface area contributed by atoms with Gasteiger partial charge in [0.2, 0.25) is 0 Å². The van der Waals surface area contributed by atoms with Crippen LogP contribution in [0.15, 0.2) is 60.8 Å². The molecule has 0 spiro atoms. The Morgan fingerprint density at radius 2 is 0.831 bits per heavy atom. The highest BCUT2D eigenvalue weighted by atomic mass is 16.5. The van der Waals surface area contributed by atoms with Gasteiger partial charge in [0.25, 0.3) is 0 Å². The molecule has 0 aromatic heterocycles. The van der Waals surface area contributed by atoms with Gasteiger partial charge in [-0.2, -0.15) is 0 Å². The van der Waals surface area contributed by atoms with Gasteiger partial charge < -0.3 is 73.7 Å². The molecule has 16 N–H and O–H groups in total. The van der Waals surface area contributed by atoms with Crippen molar-refractivity contribution in [1.29, 1.82) is 0 Å². The molecule has 5 unspecified atom stereocenters. The number of carboxylic acid groups (broad SMARTS) is 5. The minimum absolute atomic E-state index is 0.0300. The quantitative estimate of drug-likeness (QED) is 0.0380. The monoisotopic (exact) mass is 849 g/mol. The van der Waals surface area contributed by atoms with Gasteiger partial charge in [0.1, 0.15) is 30.2 Å². The van der Waals surface area contributed by atoms with E-state index < -0.39 is 60.1 Å². The van der Waals surface area contributed by atoms with Crippen molar-refractivity contribution in [2.75, 3.05) is 52.7 Å². The molecule has 19 heteroatoms. The molecule has 0 radical (unpaired) electrons. The van der Waals surface area contributed by atoms with Crippen LogP contribution in [0.2, 0.25) is 0 Å². The van der Waals surface area contributed by atoms with Crippen LogP contribution in [0.5, 0.6) is 0 Å². The third-order valence-corrected chi connectivity index (χ3v) is 6.48. The van der Waals surface area contributed by atoms with E-state index in [0.717, 1.165) is 40.7 Å². The summed E-state index contributed by atoms with van der Waals surface area (Å²) in [7, 11) is 0. The fourth-order valence-electron chi connectivity index (χ4n) is 3.22. The normalized spacial score (nSPS) is 12.5. The third-order valence-electron chi connectivity index (χ3n) is 6.48. The van der Waals surface area contributed by atoms with Crippen molar-refractivity contribution >= 4 is 29.8 Å². The van der Waals surface area contributed by atoms with Gasteiger partial charge in [-0.1, -0.05) is 54.2 Å². The fourth-order valence-corrected chi connectivity index (χ4v) is 3.22. The summed E-state index contributed by atoms with van der Waals surface area (Å²) < 4.78 is 15.2. The molecule has 344 valence electrons. The summed E-state index contributed by atoms with van der Waals surface area (Å²) in [6, 6.07) is -4.00. The summed E-state index contributed by atoms with van der Waals surface area (Å²) in [5.41, 5.74) is 31.0. The number of aliphatic carboxylic acids is 5. The van der Waals surface area contributed by atoms with Crippen molar-refractivity contribution in [1.82, 2.24) is 5.32 Å². The van der Waals surface area contributed by atoms with Gasteiger partial charge in [-0.05, 0) is 86.1 Å². The fraction of sp³-hybridized carbons (Fsp3) is 0.625. The van der Waals surface area contributed by atoms with Gasteiger partial charge in [0.15, 0.2) is 0 Å². The molecule has 0 saturated heterocycles. The molecule has 0 aliphatic heterocycles. The minimum Gasteiger partial charge on any atom is -0.480 e. The maximum Gasteiger partial charge on any atom is 0.322 e. The summed E-state index contributed by atoms with van der Waals surface area (Å²) in [5, 5.41) is 45.0. The zero-order valence-electron chi connectivity index (χ0n) is 35.9. The van der Waals surface area contributed by atoms with Crippen LogP contribution in [0, 0.1) is 0 Å². The van der Waals surface area contributed by atoms with Crippen LogP contribution in [0.4, 0.5) is 0 Å².